The number of rotatable bonds is 5. The minimum absolute atomic E-state index is 0.00687. The van der Waals surface area contributed by atoms with Gasteiger partial charge in [-0.1, -0.05) is 11.6 Å². The van der Waals surface area contributed by atoms with E-state index in [0.717, 1.165) is 31.9 Å². The van der Waals surface area contributed by atoms with Gasteiger partial charge in [-0.15, -0.1) is 0 Å². The van der Waals surface area contributed by atoms with E-state index in [9.17, 15) is 13.2 Å². The number of ether oxygens (including phenoxy) is 1. The minimum Gasteiger partial charge on any atom is -0.492 e. The number of aromatic nitrogens is 1. The topological polar surface area (TPSA) is 52.4 Å². The van der Waals surface area contributed by atoms with Crippen molar-refractivity contribution in [2.45, 2.75) is 6.18 Å². The van der Waals surface area contributed by atoms with Crippen LogP contribution < -0.4 is 9.64 Å². The van der Waals surface area contributed by atoms with E-state index >= 15 is 0 Å². The predicted molar refractivity (Wildman–Crippen MR) is 99.6 cm³/mol. The van der Waals surface area contributed by atoms with Gasteiger partial charge in [0.1, 0.15) is 18.2 Å². The van der Waals surface area contributed by atoms with Gasteiger partial charge in [-0.05, 0) is 30.3 Å². The highest BCUT2D eigenvalue weighted by molar-refractivity contribution is 6.33. The first-order chi connectivity index (χ1) is 13.4. The predicted octanol–water partition coefficient (Wildman–Crippen LogP) is 3.83. The largest absolute Gasteiger partial charge is 0.492 e. The third kappa shape index (κ3) is 5.06. The summed E-state index contributed by atoms with van der Waals surface area (Å²) in [6.07, 6.45) is -3.64. The highest BCUT2D eigenvalue weighted by Crippen LogP contribution is 2.33. The molecule has 0 saturated carbocycles. The van der Waals surface area contributed by atoms with E-state index < -0.39 is 11.7 Å². The van der Waals surface area contributed by atoms with E-state index in [1.54, 1.807) is 24.3 Å². The number of benzene rings is 1. The summed E-state index contributed by atoms with van der Waals surface area (Å²) in [5.74, 6) is 1.08. The van der Waals surface area contributed by atoms with Gasteiger partial charge >= 0.3 is 6.18 Å². The number of nitriles is 1. The number of hydrogen-bond donors (Lipinski definition) is 0. The van der Waals surface area contributed by atoms with Crippen molar-refractivity contribution in [3.63, 3.8) is 0 Å². The Bertz CT molecular complexity index is 844. The van der Waals surface area contributed by atoms with Crippen LogP contribution in [-0.4, -0.2) is 49.2 Å². The van der Waals surface area contributed by atoms with Gasteiger partial charge in [0.15, 0.2) is 0 Å². The lowest BCUT2D eigenvalue weighted by Crippen LogP contribution is -2.47. The maximum absolute atomic E-state index is 12.7. The summed E-state index contributed by atoms with van der Waals surface area (Å²) < 4.78 is 43.9. The number of pyridine rings is 1. The van der Waals surface area contributed by atoms with Crippen molar-refractivity contribution < 1.29 is 17.9 Å². The van der Waals surface area contributed by atoms with Crippen LogP contribution in [0, 0.1) is 11.3 Å². The van der Waals surface area contributed by atoms with Gasteiger partial charge in [0, 0.05) is 38.9 Å². The Balaban J connectivity index is 1.47. The fourth-order valence-corrected chi connectivity index (χ4v) is 3.21. The van der Waals surface area contributed by atoms with Crippen molar-refractivity contribution in [3.05, 3.63) is 52.7 Å². The first-order valence-electron chi connectivity index (χ1n) is 8.70. The molecule has 1 aromatic carbocycles. The quantitative estimate of drug-likeness (QED) is 0.750. The molecule has 0 bridgehead atoms. The third-order valence-corrected chi connectivity index (χ3v) is 4.76. The molecule has 1 aromatic heterocycles. The molecule has 148 valence electrons. The fraction of sp³-hybridized carbons (Fsp3) is 0.368. The molecule has 2 heterocycles. The van der Waals surface area contributed by atoms with Crippen LogP contribution in [0.1, 0.15) is 11.1 Å². The molecule has 1 saturated heterocycles. The van der Waals surface area contributed by atoms with Gasteiger partial charge in [-0.3, -0.25) is 4.90 Å². The summed E-state index contributed by atoms with van der Waals surface area (Å²) in [6, 6.07) is 9.90. The molecule has 0 spiro atoms. The highest BCUT2D eigenvalue weighted by atomic mass is 35.5. The first kappa shape index (κ1) is 20.2. The molecule has 2 aromatic rings. The SMILES string of the molecule is N#Cc1ccc(OCCN2CCN(c3ncc(C(F)(F)F)cc3Cl)CC2)cc1. The van der Waals surface area contributed by atoms with Crippen LogP contribution in [0.4, 0.5) is 19.0 Å². The number of alkyl halides is 3. The Labute approximate surface area is 165 Å². The number of nitrogens with zero attached hydrogens (tertiary/aromatic N) is 4. The Morgan fingerprint density at radius 1 is 1.14 bits per heavy atom. The van der Waals surface area contributed by atoms with E-state index in [1.807, 2.05) is 4.90 Å². The third-order valence-electron chi connectivity index (χ3n) is 4.48. The molecule has 28 heavy (non-hydrogen) atoms. The van der Waals surface area contributed by atoms with Crippen molar-refractivity contribution in [1.29, 1.82) is 5.26 Å². The van der Waals surface area contributed by atoms with Crippen LogP contribution in [0.25, 0.3) is 0 Å². The average molecular weight is 411 g/mol. The summed E-state index contributed by atoms with van der Waals surface area (Å²) in [7, 11) is 0. The van der Waals surface area contributed by atoms with Crippen molar-refractivity contribution >= 4 is 17.4 Å². The Kier molecular flexibility index (Phi) is 6.27. The monoisotopic (exact) mass is 410 g/mol. The second-order valence-electron chi connectivity index (χ2n) is 6.34. The van der Waals surface area contributed by atoms with Gasteiger partial charge in [0.2, 0.25) is 0 Å². The highest BCUT2D eigenvalue weighted by Gasteiger charge is 2.32. The lowest BCUT2D eigenvalue weighted by Gasteiger charge is -2.35. The molecular weight excluding hydrogens is 393 g/mol. The van der Waals surface area contributed by atoms with E-state index in [2.05, 4.69) is 16.0 Å². The molecule has 0 aliphatic carbocycles. The van der Waals surface area contributed by atoms with Crippen molar-refractivity contribution in [2.75, 3.05) is 44.2 Å². The van der Waals surface area contributed by atoms with Gasteiger partial charge in [-0.25, -0.2) is 4.98 Å². The molecule has 1 fully saturated rings. The molecule has 9 heteroatoms. The van der Waals surface area contributed by atoms with Crippen LogP contribution in [0.2, 0.25) is 5.02 Å². The zero-order chi connectivity index (χ0) is 20.1. The Hall–Kier alpha value is -2.50. The van der Waals surface area contributed by atoms with E-state index in [4.69, 9.17) is 21.6 Å². The van der Waals surface area contributed by atoms with Crippen molar-refractivity contribution in [3.8, 4) is 11.8 Å². The molecule has 0 atom stereocenters. The fourth-order valence-electron chi connectivity index (χ4n) is 2.92. The van der Waals surface area contributed by atoms with Gasteiger partial charge in [0.25, 0.3) is 0 Å². The number of anilines is 1. The van der Waals surface area contributed by atoms with Crippen LogP contribution in [-0.2, 0) is 6.18 Å². The summed E-state index contributed by atoms with van der Waals surface area (Å²) in [4.78, 5) is 8.01. The lowest BCUT2D eigenvalue weighted by atomic mass is 10.2. The Morgan fingerprint density at radius 3 is 2.39 bits per heavy atom. The molecule has 1 aliphatic heterocycles. The van der Waals surface area contributed by atoms with Crippen LogP contribution in [0.15, 0.2) is 36.5 Å². The molecule has 0 radical (unpaired) electrons. The average Bonchev–Trinajstić information content (AvgIpc) is 2.68. The number of piperazine rings is 1. The lowest BCUT2D eigenvalue weighted by molar-refractivity contribution is -0.137. The molecular formula is C19H18ClF3N4O. The maximum atomic E-state index is 12.7. The van der Waals surface area contributed by atoms with Crippen molar-refractivity contribution in [2.24, 2.45) is 0 Å². The number of hydrogen-bond acceptors (Lipinski definition) is 5. The molecule has 5 nitrogen and oxygen atoms in total. The molecule has 0 amide bonds. The van der Waals surface area contributed by atoms with E-state index in [1.165, 1.54) is 0 Å². The Morgan fingerprint density at radius 2 is 1.82 bits per heavy atom. The summed E-state index contributed by atoms with van der Waals surface area (Å²) in [6.45, 7) is 3.93. The maximum Gasteiger partial charge on any atom is 0.417 e. The van der Waals surface area contributed by atoms with Gasteiger partial charge in [0.05, 0.1) is 22.2 Å². The van der Waals surface area contributed by atoms with Gasteiger partial charge < -0.3 is 9.64 Å². The first-order valence-corrected chi connectivity index (χ1v) is 9.07. The summed E-state index contributed by atoms with van der Waals surface area (Å²) in [5, 5.41) is 8.79. The molecule has 0 N–H and O–H groups in total. The summed E-state index contributed by atoms with van der Waals surface area (Å²) in [5.41, 5.74) is -0.265. The van der Waals surface area contributed by atoms with Crippen LogP contribution in [0.5, 0.6) is 5.75 Å². The molecule has 3 rings (SSSR count). The van der Waals surface area contributed by atoms with Crippen molar-refractivity contribution in [1.82, 2.24) is 9.88 Å². The zero-order valence-electron chi connectivity index (χ0n) is 14.9. The van der Waals surface area contributed by atoms with Gasteiger partial charge in [-0.2, -0.15) is 18.4 Å². The molecule has 0 unspecified atom stereocenters. The summed E-state index contributed by atoms with van der Waals surface area (Å²) >= 11 is 6.02. The van der Waals surface area contributed by atoms with Crippen LogP contribution in [0.3, 0.4) is 0 Å². The number of halogens is 4. The van der Waals surface area contributed by atoms with E-state index in [-0.39, 0.29) is 5.02 Å². The molecule has 1 aliphatic rings. The zero-order valence-corrected chi connectivity index (χ0v) is 15.7. The standard InChI is InChI=1S/C19H18ClF3N4O/c20-17-11-15(19(21,22)23)13-25-18(17)27-7-5-26(6-8-27)9-10-28-16-3-1-14(12-24)2-4-16/h1-4,11,13H,5-10H2. The minimum atomic E-state index is -4.46. The second kappa shape index (κ2) is 8.67. The smallest absolute Gasteiger partial charge is 0.417 e. The van der Waals surface area contributed by atoms with E-state index in [0.29, 0.717) is 36.8 Å². The normalized spacial score (nSPS) is 15.3. The second-order valence-corrected chi connectivity index (χ2v) is 6.75. The van der Waals surface area contributed by atoms with Crippen LogP contribution >= 0.6 is 11.6 Å².